The van der Waals surface area contributed by atoms with Crippen LogP contribution in [0.1, 0.15) is 22.7 Å². The molecular formula is C19H15N3O2. The van der Waals surface area contributed by atoms with Crippen molar-refractivity contribution in [2.45, 2.75) is 12.8 Å². The molecule has 0 amide bonds. The van der Waals surface area contributed by atoms with Gasteiger partial charge in [-0.25, -0.2) is 0 Å². The molecular weight excluding hydrogens is 302 g/mol. The predicted octanol–water partition coefficient (Wildman–Crippen LogP) is 3.40. The van der Waals surface area contributed by atoms with Crippen molar-refractivity contribution in [1.29, 1.82) is 5.26 Å². The maximum atomic E-state index is 9.73. The molecule has 0 saturated carbocycles. The summed E-state index contributed by atoms with van der Waals surface area (Å²) in [6, 6.07) is 15.0. The Hall–Kier alpha value is -3.39. The maximum absolute atomic E-state index is 9.73. The molecule has 0 bridgehead atoms. The summed E-state index contributed by atoms with van der Waals surface area (Å²) in [4.78, 5) is 3.36. The molecule has 0 spiro atoms. The van der Waals surface area contributed by atoms with Gasteiger partial charge in [0, 0.05) is 28.2 Å². The molecule has 3 aromatic rings. The highest BCUT2D eigenvalue weighted by Crippen LogP contribution is 2.46. The van der Waals surface area contributed by atoms with Crippen LogP contribution in [0.25, 0.3) is 10.9 Å². The number of hydrogen-bond acceptors (Lipinski definition) is 4. The van der Waals surface area contributed by atoms with E-state index in [1.807, 2.05) is 31.2 Å². The first-order chi connectivity index (χ1) is 11.6. The molecule has 2 aromatic carbocycles. The minimum absolute atomic E-state index is 0.0743. The van der Waals surface area contributed by atoms with Crippen LogP contribution in [0.15, 0.2) is 53.9 Å². The largest absolute Gasteiger partial charge is 0.508 e. The Labute approximate surface area is 138 Å². The number of aryl methyl sites for hydroxylation is 1. The van der Waals surface area contributed by atoms with Crippen LogP contribution in [0.3, 0.4) is 0 Å². The standard InChI is InChI=1S/C19H15N3O2/c1-10-17(12-4-2-3-5-15(12)22-10)18-13-7-6-11(23)8-16(13)24-19(21)14(18)9-20/h2-8,18,22-23H,21H2,1H3. The van der Waals surface area contributed by atoms with Crippen molar-refractivity contribution in [1.82, 2.24) is 4.98 Å². The van der Waals surface area contributed by atoms with Crippen LogP contribution in [-0.2, 0) is 0 Å². The van der Waals surface area contributed by atoms with Gasteiger partial charge in [0.1, 0.15) is 23.1 Å². The van der Waals surface area contributed by atoms with Crippen molar-refractivity contribution in [3.8, 4) is 17.6 Å². The van der Waals surface area contributed by atoms with E-state index in [2.05, 4.69) is 11.1 Å². The number of aromatic hydroxyl groups is 1. The van der Waals surface area contributed by atoms with Crippen molar-refractivity contribution in [3.05, 3.63) is 70.7 Å². The van der Waals surface area contributed by atoms with E-state index in [0.29, 0.717) is 11.3 Å². The molecule has 4 rings (SSSR count). The predicted molar refractivity (Wildman–Crippen MR) is 90.4 cm³/mol. The van der Waals surface area contributed by atoms with Crippen LogP contribution < -0.4 is 10.5 Å². The average molecular weight is 317 g/mol. The number of nitrogens with one attached hydrogen (secondary N) is 1. The number of nitriles is 1. The van der Waals surface area contributed by atoms with E-state index in [0.717, 1.165) is 27.7 Å². The number of nitrogens with two attached hydrogens (primary N) is 1. The molecule has 5 nitrogen and oxygen atoms in total. The molecule has 0 saturated heterocycles. The number of fused-ring (bicyclic) bond motifs is 2. The average Bonchev–Trinajstić information content (AvgIpc) is 2.89. The number of phenolic OH excluding ortho intramolecular Hbond substituents is 1. The zero-order valence-corrected chi connectivity index (χ0v) is 13.0. The first-order valence-corrected chi connectivity index (χ1v) is 7.58. The van der Waals surface area contributed by atoms with E-state index in [-0.39, 0.29) is 17.6 Å². The Balaban J connectivity index is 2.05. The Morgan fingerprint density at radius 2 is 2.04 bits per heavy atom. The number of hydrogen-bond donors (Lipinski definition) is 3. The summed E-state index contributed by atoms with van der Waals surface area (Å²) in [6.07, 6.45) is 0. The number of para-hydroxylation sites is 1. The molecule has 1 unspecified atom stereocenters. The first kappa shape index (κ1) is 14.2. The smallest absolute Gasteiger partial charge is 0.205 e. The number of benzene rings is 2. The molecule has 1 aliphatic heterocycles. The number of ether oxygens (including phenoxy) is 1. The minimum Gasteiger partial charge on any atom is -0.508 e. The van der Waals surface area contributed by atoms with Crippen LogP contribution in [0, 0.1) is 18.3 Å². The molecule has 118 valence electrons. The summed E-state index contributed by atoms with van der Waals surface area (Å²) in [5.41, 5.74) is 10.2. The fourth-order valence-corrected chi connectivity index (χ4v) is 3.41. The number of rotatable bonds is 1. The van der Waals surface area contributed by atoms with Crippen molar-refractivity contribution < 1.29 is 9.84 Å². The molecule has 0 radical (unpaired) electrons. The fourth-order valence-electron chi connectivity index (χ4n) is 3.41. The number of aromatic nitrogens is 1. The molecule has 4 N–H and O–H groups in total. The zero-order chi connectivity index (χ0) is 16.8. The summed E-state index contributed by atoms with van der Waals surface area (Å²) in [7, 11) is 0. The number of allylic oxidation sites excluding steroid dienone is 1. The third-order valence-corrected chi connectivity index (χ3v) is 4.43. The highest BCUT2D eigenvalue weighted by Gasteiger charge is 2.33. The van der Waals surface area contributed by atoms with Gasteiger partial charge >= 0.3 is 0 Å². The molecule has 2 heterocycles. The summed E-state index contributed by atoms with van der Waals surface area (Å²) in [6.45, 7) is 1.98. The second kappa shape index (κ2) is 5.07. The van der Waals surface area contributed by atoms with Crippen LogP contribution in [0.2, 0.25) is 0 Å². The summed E-state index contributed by atoms with van der Waals surface area (Å²) in [5.74, 6) is 0.304. The molecule has 1 atom stereocenters. The SMILES string of the molecule is Cc1[nH]c2ccccc2c1C1C(C#N)=C(N)Oc2cc(O)ccc21. The molecule has 24 heavy (non-hydrogen) atoms. The van der Waals surface area contributed by atoms with Crippen molar-refractivity contribution in [2.75, 3.05) is 0 Å². The number of phenols is 1. The second-order valence-corrected chi connectivity index (χ2v) is 5.86. The Morgan fingerprint density at radius 3 is 2.83 bits per heavy atom. The van der Waals surface area contributed by atoms with Gasteiger partial charge in [0.25, 0.3) is 0 Å². The fraction of sp³-hybridized carbons (Fsp3) is 0.105. The third-order valence-electron chi connectivity index (χ3n) is 4.43. The Bertz CT molecular complexity index is 1040. The monoisotopic (exact) mass is 317 g/mol. The van der Waals surface area contributed by atoms with Gasteiger partial charge in [0.15, 0.2) is 0 Å². The zero-order valence-electron chi connectivity index (χ0n) is 13.0. The first-order valence-electron chi connectivity index (χ1n) is 7.58. The van der Waals surface area contributed by atoms with Crippen molar-refractivity contribution >= 4 is 10.9 Å². The van der Waals surface area contributed by atoms with Gasteiger partial charge in [0.05, 0.1) is 5.92 Å². The lowest BCUT2D eigenvalue weighted by atomic mass is 9.82. The summed E-state index contributed by atoms with van der Waals surface area (Å²) in [5, 5.41) is 20.4. The second-order valence-electron chi connectivity index (χ2n) is 5.86. The topological polar surface area (TPSA) is 95.1 Å². The minimum atomic E-state index is -0.338. The summed E-state index contributed by atoms with van der Waals surface area (Å²) < 4.78 is 5.56. The van der Waals surface area contributed by atoms with E-state index < -0.39 is 0 Å². The normalized spacial score (nSPS) is 16.6. The quantitative estimate of drug-likeness (QED) is 0.641. The van der Waals surface area contributed by atoms with Crippen molar-refractivity contribution in [2.24, 2.45) is 5.73 Å². The Kier molecular flexibility index (Phi) is 3.00. The van der Waals surface area contributed by atoms with Gasteiger partial charge in [-0.1, -0.05) is 24.3 Å². The molecule has 1 aliphatic rings. The highest BCUT2D eigenvalue weighted by atomic mass is 16.5. The van der Waals surface area contributed by atoms with E-state index in [9.17, 15) is 10.4 Å². The molecule has 1 aromatic heterocycles. The van der Waals surface area contributed by atoms with Gasteiger partial charge in [0.2, 0.25) is 5.88 Å². The van der Waals surface area contributed by atoms with Gasteiger partial charge in [-0.3, -0.25) is 0 Å². The lowest BCUT2D eigenvalue weighted by Gasteiger charge is -2.26. The third kappa shape index (κ3) is 1.94. The highest BCUT2D eigenvalue weighted by molar-refractivity contribution is 5.87. The van der Waals surface area contributed by atoms with Crippen LogP contribution in [0.4, 0.5) is 0 Å². The lowest BCUT2D eigenvalue weighted by Crippen LogP contribution is -2.21. The van der Waals surface area contributed by atoms with Gasteiger partial charge in [-0.15, -0.1) is 0 Å². The van der Waals surface area contributed by atoms with E-state index in [1.54, 1.807) is 12.1 Å². The van der Waals surface area contributed by atoms with Crippen LogP contribution in [0.5, 0.6) is 11.5 Å². The van der Waals surface area contributed by atoms with Crippen LogP contribution >= 0.6 is 0 Å². The van der Waals surface area contributed by atoms with E-state index in [4.69, 9.17) is 10.5 Å². The molecule has 5 heteroatoms. The van der Waals surface area contributed by atoms with E-state index >= 15 is 0 Å². The van der Waals surface area contributed by atoms with E-state index in [1.165, 1.54) is 6.07 Å². The van der Waals surface area contributed by atoms with Crippen LogP contribution in [-0.4, -0.2) is 10.1 Å². The van der Waals surface area contributed by atoms with Gasteiger partial charge < -0.3 is 20.6 Å². The van der Waals surface area contributed by atoms with Gasteiger partial charge in [-0.05, 0) is 24.6 Å². The maximum Gasteiger partial charge on any atom is 0.205 e. The number of aromatic amines is 1. The lowest BCUT2D eigenvalue weighted by molar-refractivity contribution is 0.388. The number of H-pyrrole nitrogens is 1. The molecule has 0 fully saturated rings. The Morgan fingerprint density at radius 1 is 1.25 bits per heavy atom. The van der Waals surface area contributed by atoms with Gasteiger partial charge in [-0.2, -0.15) is 5.26 Å². The number of nitrogens with zero attached hydrogens (tertiary/aromatic N) is 1. The van der Waals surface area contributed by atoms with Crippen molar-refractivity contribution in [3.63, 3.8) is 0 Å². The summed E-state index contributed by atoms with van der Waals surface area (Å²) >= 11 is 0. The molecule has 0 aliphatic carbocycles.